The van der Waals surface area contributed by atoms with E-state index in [1.807, 2.05) is 55.4 Å². The molecule has 0 unspecified atom stereocenters. The summed E-state index contributed by atoms with van der Waals surface area (Å²) in [6.07, 6.45) is 4.90. The van der Waals surface area contributed by atoms with Crippen LogP contribution in [0, 0.1) is 0 Å². The number of carbonyl (C=O) groups excluding carboxylic acids is 2. The summed E-state index contributed by atoms with van der Waals surface area (Å²) in [7, 11) is 1.59. The number of piperidine rings is 1. The van der Waals surface area contributed by atoms with Crippen LogP contribution in [0.1, 0.15) is 46.1 Å². The lowest BCUT2D eigenvalue weighted by molar-refractivity contribution is -0.114. The number of benzene rings is 1. The molecule has 4 heterocycles. The van der Waals surface area contributed by atoms with Crippen LogP contribution in [0.25, 0.3) is 11.2 Å². The van der Waals surface area contributed by atoms with E-state index < -0.39 is 22.9 Å². The lowest BCUT2D eigenvalue weighted by Gasteiger charge is -2.34. The van der Waals surface area contributed by atoms with Gasteiger partial charge in [0, 0.05) is 44.0 Å². The Bertz CT molecular complexity index is 1740. The summed E-state index contributed by atoms with van der Waals surface area (Å²) >= 11 is 0. The number of ether oxygens (including phenoxy) is 1. The molecule has 0 aliphatic carbocycles. The first-order valence-corrected chi connectivity index (χ1v) is 14.4. The number of aryl methyl sites for hydroxylation is 1. The number of anilines is 2. The summed E-state index contributed by atoms with van der Waals surface area (Å²) in [6.45, 7) is 8.62. The molecule has 5 rings (SSSR count). The van der Waals surface area contributed by atoms with Crippen molar-refractivity contribution in [3.8, 4) is 0 Å². The van der Waals surface area contributed by atoms with E-state index in [-0.39, 0.29) is 36.2 Å². The maximum atomic E-state index is 14.1. The highest BCUT2D eigenvalue weighted by Gasteiger charge is 2.29. The van der Waals surface area contributed by atoms with Gasteiger partial charge in [0.25, 0.3) is 5.56 Å². The minimum absolute atomic E-state index is 0.108. The molecule has 13 nitrogen and oxygen atoms in total. The van der Waals surface area contributed by atoms with Gasteiger partial charge in [0.05, 0.1) is 12.3 Å². The second-order valence-corrected chi connectivity index (χ2v) is 11.8. The van der Waals surface area contributed by atoms with E-state index in [0.717, 1.165) is 17.4 Å². The van der Waals surface area contributed by atoms with E-state index in [9.17, 15) is 19.2 Å². The molecule has 1 aromatic carbocycles. The molecule has 1 atom stereocenters. The van der Waals surface area contributed by atoms with Crippen molar-refractivity contribution in [3.63, 3.8) is 0 Å². The standard InChI is InChI=1S/C30H38N8O5/c1-6-7-15-37-24-25(34-27(37)36-14-10-11-19(17-36)32-28(41)43-30(2,3)4)35(5)29(42)38(26(24)40)18-22-20-12-8-9-13-21(20)33-23(39)16-31-22/h6-9,12-13,19H,10-11,14-18H2,1-5H3,(H,32,41)(H,33,39)/b7-6+/t19-/m1/s1. The van der Waals surface area contributed by atoms with Crippen LogP contribution in [0.5, 0.6) is 0 Å². The van der Waals surface area contributed by atoms with Crippen molar-refractivity contribution < 1.29 is 14.3 Å². The third-order valence-electron chi connectivity index (χ3n) is 7.39. The molecule has 0 saturated carbocycles. The third kappa shape index (κ3) is 6.25. The second kappa shape index (κ2) is 11.9. The molecule has 2 aromatic heterocycles. The molecule has 2 amide bonds. The van der Waals surface area contributed by atoms with Crippen LogP contribution in [-0.2, 0) is 29.7 Å². The van der Waals surface area contributed by atoms with Crippen molar-refractivity contribution in [1.29, 1.82) is 0 Å². The van der Waals surface area contributed by atoms with Gasteiger partial charge < -0.3 is 24.8 Å². The van der Waals surface area contributed by atoms with Crippen molar-refractivity contribution in [3.05, 3.63) is 62.8 Å². The number of hydrogen-bond acceptors (Lipinski definition) is 8. The topological polar surface area (TPSA) is 145 Å². The predicted octanol–water partition coefficient (Wildman–Crippen LogP) is 2.41. The lowest BCUT2D eigenvalue weighted by Crippen LogP contribution is -2.49. The van der Waals surface area contributed by atoms with Gasteiger partial charge in [-0.25, -0.2) is 9.59 Å². The first kappa shape index (κ1) is 29.8. The van der Waals surface area contributed by atoms with E-state index in [1.165, 1.54) is 4.57 Å². The molecule has 1 fully saturated rings. The lowest BCUT2D eigenvalue weighted by atomic mass is 10.1. The molecular weight excluding hydrogens is 552 g/mol. The highest BCUT2D eigenvalue weighted by atomic mass is 16.6. The minimum Gasteiger partial charge on any atom is -0.444 e. The fourth-order valence-corrected chi connectivity index (χ4v) is 5.45. The maximum absolute atomic E-state index is 14.1. The Kier molecular flexibility index (Phi) is 8.25. The number of aliphatic imine (C=N–C) groups is 1. The van der Waals surface area contributed by atoms with E-state index in [0.29, 0.717) is 42.5 Å². The first-order valence-electron chi connectivity index (χ1n) is 14.4. The Morgan fingerprint density at radius 1 is 1.19 bits per heavy atom. The Hall–Kier alpha value is -4.68. The molecule has 2 aliphatic heterocycles. The minimum atomic E-state index is -0.611. The van der Waals surface area contributed by atoms with E-state index in [4.69, 9.17) is 9.72 Å². The van der Waals surface area contributed by atoms with Crippen LogP contribution in [0.2, 0.25) is 0 Å². The quantitative estimate of drug-likeness (QED) is 0.420. The largest absolute Gasteiger partial charge is 0.444 e. The Balaban J connectivity index is 1.55. The molecule has 1 saturated heterocycles. The van der Waals surface area contributed by atoms with Gasteiger partial charge in [0.1, 0.15) is 12.1 Å². The SMILES string of the molecule is C/C=C/Cn1c(N2CCC[C@@H](NC(=O)OC(C)(C)C)C2)nc2c1c(=O)n(CC1=NCC(=O)Nc3ccccc31)c(=O)n2C. The van der Waals surface area contributed by atoms with Crippen molar-refractivity contribution in [2.45, 2.75) is 65.3 Å². The highest BCUT2D eigenvalue weighted by molar-refractivity contribution is 6.10. The summed E-state index contributed by atoms with van der Waals surface area (Å²) in [5.74, 6) is 0.272. The van der Waals surface area contributed by atoms with Crippen LogP contribution >= 0.6 is 0 Å². The number of benzodiazepines with no additional fused rings is 1. The van der Waals surface area contributed by atoms with E-state index in [1.54, 1.807) is 25.2 Å². The van der Waals surface area contributed by atoms with Crippen LogP contribution < -0.4 is 26.8 Å². The number of para-hydroxylation sites is 1. The molecule has 0 bridgehead atoms. The molecule has 13 heteroatoms. The smallest absolute Gasteiger partial charge is 0.407 e. The monoisotopic (exact) mass is 590 g/mol. The number of rotatable bonds is 6. The molecular formula is C30H38N8O5. The first-order chi connectivity index (χ1) is 20.5. The number of aromatic nitrogens is 4. The fraction of sp³-hybridized carbons (Fsp3) is 0.467. The third-order valence-corrected chi connectivity index (χ3v) is 7.39. The van der Waals surface area contributed by atoms with Gasteiger partial charge in [-0.2, -0.15) is 4.98 Å². The summed E-state index contributed by atoms with van der Waals surface area (Å²) in [6, 6.07) is 7.01. The fourth-order valence-electron chi connectivity index (χ4n) is 5.45. The zero-order chi connectivity index (χ0) is 30.9. The molecule has 3 aromatic rings. The van der Waals surface area contributed by atoms with Gasteiger partial charge in [0.2, 0.25) is 11.9 Å². The summed E-state index contributed by atoms with van der Waals surface area (Å²) in [5, 5.41) is 5.78. The average molecular weight is 591 g/mol. The molecule has 43 heavy (non-hydrogen) atoms. The Labute approximate surface area is 248 Å². The molecule has 228 valence electrons. The number of alkyl carbamates (subject to hydrolysis) is 1. The number of imidazole rings is 1. The normalized spacial score (nSPS) is 17.4. The van der Waals surface area contributed by atoms with Crippen LogP contribution in [0.3, 0.4) is 0 Å². The number of hydrogen-bond donors (Lipinski definition) is 2. The maximum Gasteiger partial charge on any atom is 0.407 e. The van der Waals surface area contributed by atoms with Crippen LogP contribution in [0.15, 0.2) is 51.0 Å². The van der Waals surface area contributed by atoms with Gasteiger partial charge in [-0.1, -0.05) is 30.4 Å². The Morgan fingerprint density at radius 2 is 1.95 bits per heavy atom. The summed E-state index contributed by atoms with van der Waals surface area (Å²) < 4.78 is 9.79. The summed E-state index contributed by atoms with van der Waals surface area (Å²) in [4.78, 5) is 63.7. The van der Waals surface area contributed by atoms with Crippen molar-refractivity contribution >= 4 is 40.5 Å². The second-order valence-electron chi connectivity index (χ2n) is 11.8. The van der Waals surface area contributed by atoms with E-state index >= 15 is 0 Å². The van der Waals surface area contributed by atoms with Crippen molar-refractivity contribution in [2.24, 2.45) is 12.0 Å². The number of carbonyl (C=O) groups is 2. The van der Waals surface area contributed by atoms with Crippen molar-refractivity contribution in [1.82, 2.24) is 24.0 Å². The predicted molar refractivity (Wildman–Crippen MR) is 165 cm³/mol. The van der Waals surface area contributed by atoms with Crippen LogP contribution in [0.4, 0.5) is 16.4 Å². The average Bonchev–Trinajstić information content (AvgIpc) is 3.25. The van der Waals surface area contributed by atoms with Gasteiger partial charge >= 0.3 is 11.8 Å². The van der Waals surface area contributed by atoms with Gasteiger partial charge in [0.15, 0.2) is 11.2 Å². The number of nitrogens with one attached hydrogen (secondary N) is 2. The van der Waals surface area contributed by atoms with Gasteiger partial charge in [-0.05, 0) is 46.6 Å². The zero-order valence-corrected chi connectivity index (χ0v) is 25.2. The molecule has 0 spiro atoms. The number of amides is 2. The zero-order valence-electron chi connectivity index (χ0n) is 25.2. The molecule has 0 radical (unpaired) electrons. The van der Waals surface area contributed by atoms with Crippen LogP contribution in [-0.4, -0.2) is 67.7 Å². The summed E-state index contributed by atoms with van der Waals surface area (Å²) in [5.41, 5.74) is 0.607. The Morgan fingerprint density at radius 3 is 2.70 bits per heavy atom. The number of fused-ring (bicyclic) bond motifs is 2. The van der Waals surface area contributed by atoms with E-state index in [2.05, 4.69) is 15.6 Å². The molecule has 2 N–H and O–H groups in total. The van der Waals surface area contributed by atoms with Gasteiger partial charge in [-0.3, -0.25) is 23.7 Å². The number of allylic oxidation sites excluding steroid dienone is 2. The highest BCUT2D eigenvalue weighted by Crippen LogP contribution is 2.24. The van der Waals surface area contributed by atoms with Gasteiger partial charge in [-0.15, -0.1) is 0 Å². The number of nitrogens with zero attached hydrogens (tertiary/aromatic N) is 6. The molecule has 2 aliphatic rings. The van der Waals surface area contributed by atoms with Crippen molar-refractivity contribution in [2.75, 3.05) is 29.9 Å².